The predicted molar refractivity (Wildman–Crippen MR) is 92.2 cm³/mol. The highest BCUT2D eigenvalue weighted by Gasteiger charge is 2.23. The lowest BCUT2D eigenvalue weighted by Crippen LogP contribution is -2.10. The molecule has 2 nitrogen and oxygen atoms in total. The molecule has 0 heterocycles. The summed E-state index contributed by atoms with van der Waals surface area (Å²) in [6.45, 7) is 1.35. The zero-order valence-electron chi connectivity index (χ0n) is 13.3. The second-order valence-corrected chi connectivity index (χ2v) is 6.07. The Morgan fingerprint density at radius 1 is 0.957 bits per heavy atom. The zero-order chi connectivity index (χ0) is 16.2. The van der Waals surface area contributed by atoms with Crippen molar-refractivity contribution in [1.82, 2.24) is 0 Å². The summed E-state index contributed by atoms with van der Waals surface area (Å²) in [5.74, 6) is -0.384. The Morgan fingerprint density at radius 2 is 1.65 bits per heavy atom. The molecule has 0 N–H and O–H groups in total. The summed E-state index contributed by atoms with van der Waals surface area (Å²) >= 11 is 0. The van der Waals surface area contributed by atoms with Crippen molar-refractivity contribution < 1.29 is 9.59 Å². The number of carbonyl (C=O) groups is 2. The third-order valence-corrected chi connectivity index (χ3v) is 4.42. The van der Waals surface area contributed by atoms with Gasteiger partial charge in [-0.3, -0.25) is 9.59 Å². The Morgan fingerprint density at radius 3 is 2.39 bits per heavy atom. The molecular formula is C21H20O2. The highest BCUT2D eigenvalue weighted by molar-refractivity contribution is 6.36. The Balaban J connectivity index is 1.81. The van der Waals surface area contributed by atoms with E-state index in [1.54, 1.807) is 0 Å². The molecule has 0 saturated heterocycles. The van der Waals surface area contributed by atoms with Gasteiger partial charge in [-0.2, -0.15) is 0 Å². The maximum Gasteiger partial charge on any atom is 0.198 e. The number of fused-ring (bicyclic) bond motifs is 1. The summed E-state index contributed by atoms with van der Waals surface area (Å²) < 4.78 is 0. The summed E-state index contributed by atoms with van der Waals surface area (Å²) in [6.07, 6.45) is 4.19. The minimum absolute atomic E-state index is 0.230. The van der Waals surface area contributed by atoms with Gasteiger partial charge in [0, 0.05) is 19.3 Å². The number of allylic oxidation sites excluding steroid dienone is 2. The minimum atomic E-state index is -0.343. The van der Waals surface area contributed by atoms with E-state index in [1.165, 1.54) is 29.2 Å². The molecule has 0 aliphatic heterocycles. The number of benzene rings is 2. The van der Waals surface area contributed by atoms with Gasteiger partial charge in [-0.05, 0) is 35.1 Å². The zero-order valence-corrected chi connectivity index (χ0v) is 13.3. The van der Waals surface area contributed by atoms with Crippen LogP contribution in [0, 0.1) is 0 Å². The molecule has 0 radical (unpaired) electrons. The molecule has 0 amide bonds. The number of ketones is 2. The molecule has 0 spiro atoms. The summed E-state index contributed by atoms with van der Waals surface area (Å²) in [7, 11) is 0. The molecule has 2 aromatic carbocycles. The van der Waals surface area contributed by atoms with Gasteiger partial charge < -0.3 is 0 Å². The molecule has 1 aliphatic rings. The summed E-state index contributed by atoms with van der Waals surface area (Å²) in [4.78, 5) is 22.7. The smallest absolute Gasteiger partial charge is 0.198 e. The van der Waals surface area contributed by atoms with Crippen LogP contribution in [0.4, 0.5) is 0 Å². The Labute approximate surface area is 136 Å². The number of hydrogen-bond donors (Lipinski definition) is 0. The molecule has 1 aliphatic carbocycles. The average molecular weight is 304 g/mol. The minimum Gasteiger partial charge on any atom is -0.291 e. The van der Waals surface area contributed by atoms with Gasteiger partial charge in [0.1, 0.15) is 0 Å². The van der Waals surface area contributed by atoms with E-state index >= 15 is 0 Å². The first-order valence-corrected chi connectivity index (χ1v) is 8.03. The molecule has 23 heavy (non-hydrogen) atoms. The van der Waals surface area contributed by atoms with Gasteiger partial charge in [0.05, 0.1) is 0 Å². The number of rotatable bonds is 6. The Kier molecular flexibility index (Phi) is 4.52. The normalized spacial score (nSPS) is 15.9. The van der Waals surface area contributed by atoms with Crippen molar-refractivity contribution in [1.29, 1.82) is 0 Å². The highest BCUT2D eigenvalue weighted by Crippen LogP contribution is 2.39. The van der Waals surface area contributed by atoms with Crippen LogP contribution in [-0.4, -0.2) is 11.6 Å². The lowest BCUT2D eigenvalue weighted by molar-refractivity contribution is -0.135. The van der Waals surface area contributed by atoms with Crippen LogP contribution in [-0.2, 0) is 16.0 Å². The van der Waals surface area contributed by atoms with Crippen molar-refractivity contribution in [3.8, 4) is 0 Å². The van der Waals surface area contributed by atoms with E-state index in [1.807, 2.05) is 12.1 Å². The van der Waals surface area contributed by atoms with Crippen molar-refractivity contribution in [3.05, 3.63) is 77.4 Å². The monoisotopic (exact) mass is 304 g/mol. The van der Waals surface area contributed by atoms with Crippen LogP contribution in [0.25, 0.3) is 5.57 Å². The fourth-order valence-electron chi connectivity index (χ4n) is 3.21. The van der Waals surface area contributed by atoms with Gasteiger partial charge in [-0.1, -0.05) is 60.7 Å². The molecule has 116 valence electrons. The van der Waals surface area contributed by atoms with E-state index in [0.29, 0.717) is 12.8 Å². The van der Waals surface area contributed by atoms with Gasteiger partial charge in [-0.25, -0.2) is 0 Å². The topological polar surface area (TPSA) is 34.1 Å². The standard InChI is InChI=1S/C21H20O2/c1-15(22)21(23)12-11-17-14-18(13-16-7-3-2-4-8-16)20-10-6-5-9-19(17)20/h2-10,14,17H,11-13H2,1H3. The van der Waals surface area contributed by atoms with Crippen molar-refractivity contribution in [2.24, 2.45) is 0 Å². The molecule has 0 saturated carbocycles. The first-order valence-electron chi connectivity index (χ1n) is 8.03. The maximum atomic E-state index is 11.6. The van der Waals surface area contributed by atoms with Crippen molar-refractivity contribution in [3.63, 3.8) is 0 Å². The lowest BCUT2D eigenvalue weighted by atomic mass is 9.94. The van der Waals surface area contributed by atoms with E-state index in [2.05, 4.69) is 48.5 Å². The van der Waals surface area contributed by atoms with E-state index in [4.69, 9.17) is 0 Å². The molecule has 2 heteroatoms. The predicted octanol–water partition coefficient (Wildman–Crippen LogP) is 4.35. The molecule has 2 aromatic rings. The Hall–Kier alpha value is -2.48. The third-order valence-electron chi connectivity index (χ3n) is 4.42. The quantitative estimate of drug-likeness (QED) is 0.744. The number of hydrogen-bond acceptors (Lipinski definition) is 2. The fraction of sp³-hybridized carbons (Fsp3) is 0.238. The molecule has 1 unspecified atom stereocenters. The van der Waals surface area contributed by atoms with Crippen LogP contribution < -0.4 is 0 Å². The molecule has 1 atom stereocenters. The largest absolute Gasteiger partial charge is 0.291 e. The first kappa shape index (κ1) is 15.4. The van der Waals surface area contributed by atoms with Crippen LogP contribution in [0.1, 0.15) is 42.4 Å². The van der Waals surface area contributed by atoms with Gasteiger partial charge in [0.15, 0.2) is 11.6 Å². The van der Waals surface area contributed by atoms with Crippen LogP contribution in [0.2, 0.25) is 0 Å². The molecule has 0 fully saturated rings. The van der Waals surface area contributed by atoms with E-state index < -0.39 is 0 Å². The summed E-state index contributed by atoms with van der Waals surface area (Å²) in [5.41, 5.74) is 5.15. The molecule has 3 rings (SSSR count). The van der Waals surface area contributed by atoms with E-state index in [0.717, 1.165) is 6.42 Å². The fourth-order valence-corrected chi connectivity index (χ4v) is 3.21. The lowest BCUT2D eigenvalue weighted by Gasteiger charge is -2.09. The molecule has 0 aromatic heterocycles. The first-order chi connectivity index (χ1) is 11.1. The van der Waals surface area contributed by atoms with Crippen LogP contribution >= 0.6 is 0 Å². The van der Waals surface area contributed by atoms with Crippen LogP contribution in [0.5, 0.6) is 0 Å². The SMILES string of the molecule is CC(=O)C(=O)CCC1C=C(Cc2ccccc2)c2ccccc21. The van der Waals surface area contributed by atoms with Gasteiger partial charge in [-0.15, -0.1) is 0 Å². The maximum absolute atomic E-state index is 11.6. The summed E-state index contributed by atoms with van der Waals surface area (Å²) in [5, 5.41) is 0. The molecule has 0 bridgehead atoms. The van der Waals surface area contributed by atoms with E-state index in [9.17, 15) is 9.59 Å². The number of carbonyl (C=O) groups excluding carboxylic acids is 2. The van der Waals surface area contributed by atoms with Gasteiger partial charge >= 0.3 is 0 Å². The Bertz CT molecular complexity index is 756. The van der Waals surface area contributed by atoms with Gasteiger partial charge in [0.2, 0.25) is 0 Å². The second-order valence-electron chi connectivity index (χ2n) is 6.07. The number of Topliss-reactive ketones (excluding diaryl/α,β-unsaturated/α-hetero) is 2. The molecular weight excluding hydrogens is 284 g/mol. The van der Waals surface area contributed by atoms with E-state index in [-0.39, 0.29) is 17.5 Å². The second kappa shape index (κ2) is 6.74. The average Bonchev–Trinajstić information content (AvgIpc) is 2.91. The third kappa shape index (κ3) is 3.48. The van der Waals surface area contributed by atoms with Crippen molar-refractivity contribution >= 4 is 17.1 Å². The van der Waals surface area contributed by atoms with Crippen molar-refractivity contribution in [2.45, 2.75) is 32.1 Å². The van der Waals surface area contributed by atoms with Crippen LogP contribution in [0.3, 0.4) is 0 Å². The summed E-state index contributed by atoms with van der Waals surface area (Å²) in [6, 6.07) is 18.8. The van der Waals surface area contributed by atoms with Crippen LogP contribution in [0.15, 0.2) is 60.7 Å². The van der Waals surface area contributed by atoms with Gasteiger partial charge in [0.25, 0.3) is 0 Å². The van der Waals surface area contributed by atoms with Crippen molar-refractivity contribution in [2.75, 3.05) is 0 Å². The highest BCUT2D eigenvalue weighted by atomic mass is 16.2.